The van der Waals surface area contributed by atoms with E-state index in [1.807, 2.05) is 0 Å². The standard InChI is InChI=1S/C14H10F4O2/c15-13-9(8-19)4-3-6-11(13)10-5-1-2-7-12(10)20-14(16,17)18/h1-7,19H,8H2. The van der Waals surface area contributed by atoms with Crippen molar-refractivity contribution in [1.82, 2.24) is 0 Å². The molecule has 0 aliphatic heterocycles. The van der Waals surface area contributed by atoms with Crippen LogP contribution in [0.1, 0.15) is 5.56 Å². The van der Waals surface area contributed by atoms with E-state index in [4.69, 9.17) is 5.11 Å². The molecule has 0 aromatic heterocycles. The lowest BCUT2D eigenvalue weighted by Crippen LogP contribution is -2.17. The fourth-order valence-corrected chi connectivity index (χ4v) is 1.81. The van der Waals surface area contributed by atoms with Crippen LogP contribution in [0.15, 0.2) is 42.5 Å². The molecule has 0 saturated carbocycles. The van der Waals surface area contributed by atoms with Gasteiger partial charge in [-0.05, 0) is 6.07 Å². The van der Waals surface area contributed by atoms with Crippen LogP contribution in [0.3, 0.4) is 0 Å². The summed E-state index contributed by atoms with van der Waals surface area (Å²) in [6, 6.07) is 9.39. The van der Waals surface area contributed by atoms with E-state index in [-0.39, 0.29) is 16.7 Å². The first-order valence-corrected chi connectivity index (χ1v) is 5.66. The molecule has 1 N–H and O–H groups in total. The molecule has 6 heteroatoms. The molecule has 0 bridgehead atoms. The molecule has 0 fully saturated rings. The van der Waals surface area contributed by atoms with Gasteiger partial charge in [0.2, 0.25) is 0 Å². The Morgan fingerprint density at radius 1 is 0.950 bits per heavy atom. The van der Waals surface area contributed by atoms with Gasteiger partial charge in [-0.2, -0.15) is 0 Å². The Hall–Kier alpha value is -2.08. The number of hydrogen-bond acceptors (Lipinski definition) is 2. The zero-order valence-corrected chi connectivity index (χ0v) is 10.1. The number of para-hydroxylation sites is 1. The zero-order valence-electron chi connectivity index (χ0n) is 10.1. The van der Waals surface area contributed by atoms with Gasteiger partial charge in [-0.3, -0.25) is 0 Å². The summed E-state index contributed by atoms with van der Waals surface area (Å²) in [5, 5.41) is 8.99. The van der Waals surface area contributed by atoms with Crippen LogP contribution in [-0.4, -0.2) is 11.5 Å². The molecule has 2 aromatic rings. The van der Waals surface area contributed by atoms with Gasteiger partial charge in [0.05, 0.1) is 6.61 Å². The first-order chi connectivity index (χ1) is 9.42. The number of rotatable bonds is 3. The monoisotopic (exact) mass is 286 g/mol. The molecule has 0 spiro atoms. The van der Waals surface area contributed by atoms with Crippen molar-refractivity contribution in [3.05, 3.63) is 53.8 Å². The molecular formula is C14H10F4O2. The Morgan fingerprint density at radius 2 is 1.60 bits per heavy atom. The average molecular weight is 286 g/mol. The highest BCUT2D eigenvalue weighted by Gasteiger charge is 2.32. The summed E-state index contributed by atoms with van der Waals surface area (Å²) in [5.74, 6) is -1.26. The molecule has 2 rings (SSSR count). The number of ether oxygens (including phenoxy) is 1. The van der Waals surface area contributed by atoms with Crippen LogP contribution in [0.5, 0.6) is 5.75 Å². The number of halogens is 4. The predicted molar refractivity (Wildman–Crippen MR) is 64.4 cm³/mol. The molecule has 0 saturated heterocycles. The number of benzene rings is 2. The smallest absolute Gasteiger partial charge is 0.405 e. The Balaban J connectivity index is 2.53. The third-order valence-corrected chi connectivity index (χ3v) is 2.65. The van der Waals surface area contributed by atoms with Gasteiger partial charge in [-0.25, -0.2) is 4.39 Å². The predicted octanol–water partition coefficient (Wildman–Crippen LogP) is 3.88. The van der Waals surface area contributed by atoms with E-state index in [2.05, 4.69) is 4.74 Å². The van der Waals surface area contributed by atoms with E-state index in [1.54, 1.807) is 0 Å². The van der Waals surface area contributed by atoms with Crippen molar-refractivity contribution >= 4 is 0 Å². The van der Waals surface area contributed by atoms with Gasteiger partial charge in [0.15, 0.2) is 0 Å². The molecule has 0 heterocycles. The van der Waals surface area contributed by atoms with Crippen LogP contribution in [0.25, 0.3) is 11.1 Å². The van der Waals surface area contributed by atoms with Gasteiger partial charge in [-0.1, -0.05) is 36.4 Å². The van der Waals surface area contributed by atoms with Gasteiger partial charge in [0, 0.05) is 16.7 Å². The highest BCUT2D eigenvalue weighted by molar-refractivity contribution is 5.71. The van der Waals surface area contributed by atoms with Crippen LogP contribution in [0, 0.1) is 5.82 Å². The van der Waals surface area contributed by atoms with Crippen LogP contribution in [0.2, 0.25) is 0 Å². The van der Waals surface area contributed by atoms with Gasteiger partial charge in [0.25, 0.3) is 0 Å². The maximum atomic E-state index is 14.1. The minimum absolute atomic E-state index is 0.00399. The number of aliphatic hydroxyl groups is 1. The lowest BCUT2D eigenvalue weighted by Gasteiger charge is -2.14. The topological polar surface area (TPSA) is 29.5 Å². The largest absolute Gasteiger partial charge is 0.573 e. The van der Waals surface area contributed by atoms with E-state index in [1.165, 1.54) is 36.4 Å². The lowest BCUT2D eigenvalue weighted by molar-refractivity contribution is -0.274. The number of hydrogen-bond donors (Lipinski definition) is 1. The van der Waals surface area contributed by atoms with E-state index in [0.29, 0.717) is 0 Å². The normalized spacial score (nSPS) is 11.4. The zero-order chi connectivity index (χ0) is 14.8. The van der Waals surface area contributed by atoms with Crippen LogP contribution in [0.4, 0.5) is 17.6 Å². The highest BCUT2D eigenvalue weighted by Crippen LogP contribution is 2.35. The third kappa shape index (κ3) is 3.08. The Kier molecular flexibility index (Phi) is 3.94. The first kappa shape index (κ1) is 14.3. The summed E-state index contributed by atoms with van der Waals surface area (Å²) in [7, 11) is 0. The molecule has 2 nitrogen and oxygen atoms in total. The average Bonchev–Trinajstić information content (AvgIpc) is 2.38. The maximum absolute atomic E-state index is 14.1. The van der Waals surface area contributed by atoms with Crippen molar-refractivity contribution in [2.75, 3.05) is 0 Å². The van der Waals surface area contributed by atoms with Crippen molar-refractivity contribution in [2.45, 2.75) is 13.0 Å². The van der Waals surface area contributed by atoms with Gasteiger partial charge in [-0.15, -0.1) is 13.2 Å². The summed E-state index contributed by atoms with van der Waals surface area (Å²) >= 11 is 0. The van der Waals surface area contributed by atoms with Crippen molar-refractivity contribution in [3.63, 3.8) is 0 Å². The molecular weight excluding hydrogens is 276 g/mol. The van der Waals surface area contributed by atoms with Crippen LogP contribution < -0.4 is 4.74 Å². The summed E-state index contributed by atoms with van der Waals surface area (Å²) < 4.78 is 54.9. The second-order valence-corrected chi connectivity index (χ2v) is 3.98. The molecule has 0 unspecified atom stereocenters. The van der Waals surface area contributed by atoms with Gasteiger partial charge >= 0.3 is 6.36 Å². The van der Waals surface area contributed by atoms with E-state index >= 15 is 0 Å². The molecule has 0 aliphatic carbocycles. The second kappa shape index (κ2) is 5.50. The number of aliphatic hydroxyl groups excluding tert-OH is 1. The molecule has 106 valence electrons. The molecule has 2 aromatic carbocycles. The van der Waals surface area contributed by atoms with Crippen molar-refractivity contribution in [3.8, 4) is 16.9 Å². The van der Waals surface area contributed by atoms with E-state index < -0.39 is 24.5 Å². The molecule has 0 aliphatic rings. The quantitative estimate of drug-likeness (QED) is 0.868. The second-order valence-electron chi connectivity index (χ2n) is 3.98. The fourth-order valence-electron chi connectivity index (χ4n) is 1.81. The Morgan fingerprint density at radius 3 is 2.25 bits per heavy atom. The SMILES string of the molecule is OCc1cccc(-c2ccccc2OC(F)(F)F)c1F. The summed E-state index contributed by atoms with van der Waals surface area (Å²) in [4.78, 5) is 0. The fraction of sp³-hybridized carbons (Fsp3) is 0.143. The number of alkyl halides is 3. The summed E-state index contributed by atoms with van der Waals surface area (Å²) in [6.07, 6.45) is -4.86. The molecule has 0 radical (unpaired) electrons. The highest BCUT2D eigenvalue weighted by atomic mass is 19.4. The van der Waals surface area contributed by atoms with Crippen LogP contribution in [-0.2, 0) is 6.61 Å². The Labute approximate surface area is 112 Å². The minimum Gasteiger partial charge on any atom is -0.405 e. The first-order valence-electron chi connectivity index (χ1n) is 5.66. The summed E-state index contributed by atoms with van der Waals surface area (Å²) in [5.41, 5.74) is -0.0849. The third-order valence-electron chi connectivity index (χ3n) is 2.65. The lowest BCUT2D eigenvalue weighted by atomic mass is 10.0. The molecule has 20 heavy (non-hydrogen) atoms. The van der Waals surface area contributed by atoms with Crippen LogP contribution >= 0.6 is 0 Å². The maximum Gasteiger partial charge on any atom is 0.573 e. The molecule has 0 amide bonds. The van der Waals surface area contributed by atoms with E-state index in [9.17, 15) is 17.6 Å². The Bertz CT molecular complexity index is 608. The van der Waals surface area contributed by atoms with Gasteiger partial charge in [0.1, 0.15) is 11.6 Å². The van der Waals surface area contributed by atoms with E-state index in [0.717, 1.165) is 6.07 Å². The van der Waals surface area contributed by atoms with Gasteiger partial charge < -0.3 is 9.84 Å². The van der Waals surface area contributed by atoms with Crippen molar-refractivity contribution < 1.29 is 27.4 Å². The van der Waals surface area contributed by atoms with Crippen molar-refractivity contribution in [2.24, 2.45) is 0 Å². The van der Waals surface area contributed by atoms with Crippen molar-refractivity contribution in [1.29, 1.82) is 0 Å². The summed E-state index contributed by atoms with van der Waals surface area (Å²) in [6.45, 7) is -0.540. The molecule has 0 atom stereocenters. The minimum atomic E-state index is -4.86.